The lowest BCUT2D eigenvalue weighted by Gasteiger charge is -2.26. The van der Waals surface area contributed by atoms with Crippen LogP contribution in [0.15, 0.2) is 24.3 Å². The molecule has 6 heteroatoms. The number of ether oxygens (including phenoxy) is 2. The predicted molar refractivity (Wildman–Crippen MR) is 81.9 cm³/mol. The standard InChI is InChI=1S/C17H18N2O4/c18-11-13-3-1-2-4-15(13)23-16(20)12-5-7-14(8-6-12)19-9-10-22-17(19)21/h5-8,13,15H,1-4,9-10H2. The van der Waals surface area contributed by atoms with E-state index in [4.69, 9.17) is 14.7 Å². The zero-order chi connectivity index (χ0) is 16.2. The average molecular weight is 314 g/mol. The number of hydrogen-bond acceptors (Lipinski definition) is 5. The molecule has 1 aromatic rings. The molecule has 1 saturated heterocycles. The van der Waals surface area contributed by atoms with E-state index in [0.717, 1.165) is 25.7 Å². The van der Waals surface area contributed by atoms with E-state index in [-0.39, 0.29) is 18.1 Å². The minimum Gasteiger partial charge on any atom is -0.457 e. The van der Waals surface area contributed by atoms with E-state index in [2.05, 4.69) is 6.07 Å². The van der Waals surface area contributed by atoms with Crippen LogP contribution in [0.4, 0.5) is 10.5 Å². The van der Waals surface area contributed by atoms with Crippen molar-refractivity contribution >= 4 is 17.7 Å². The summed E-state index contributed by atoms with van der Waals surface area (Å²) >= 11 is 0. The summed E-state index contributed by atoms with van der Waals surface area (Å²) in [6, 6.07) is 8.89. The second-order valence-corrected chi connectivity index (χ2v) is 5.78. The highest BCUT2D eigenvalue weighted by molar-refractivity contribution is 5.92. The van der Waals surface area contributed by atoms with E-state index >= 15 is 0 Å². The lowest BCUT2D eigenvalue weighted by Crippen LogP contribution is -2.29. The van der Waals surface area contributed by atoms with E-state index in [1.54, 1.807) is 24.3 Å². The minimum atomic E-state index is -0.423. The van der Waals surface area contributed by atoms with Gasteiger partial charge in [-0.05, 0) is 43.5 Å². The van der Waals surface area contributed by atoms with Crippen LogP contribution in [0.25, 0.3) is 0 Å². The number of nitrogens with zero attached hydrogens (tertiary/aromatic N) is 2. The molecule has 2 aliphatic rings. The number of nitriles is 1. The van der Waals surface area contributed by atoms with Gasteiger partial charge in [0.05, 0.1) is 24.1 Å². The molecular weight excluding hydrogens is 296 g/mol. The van der Waals surface area contributed by atoms with Crippen molar-refractivity contribution in [3.8, 4) is 6.07 Å². The number of carbonyl (C=O) groups excluding carboxylic acids is 2. The molecule has 0 spiro atoms. The number of amides is 1. The Morgan fingerprint density at radius 2 is 2.00 bits per heavy atom. The van der Waals surface area contributed by atoms with Crippen LogP contribution < -0.4 is 4.90 Å². The molecule has 1 saturated carbocycles. The third-order valence-electron chi connectivity index (χ3n) is 4.30. The van der Waals surface area contributed by atoms with Crippen molar-refractivity contribution in [1.82, 2.24) is 0 Å². The minimum absolute atomic E-state index is 0.216. The molecule has 2 fully saturated rings. The van der Waals surface area contributed by atoms with Crippen molar-refractivity contribution in [2.45, 2.75) is 31.8 Å². The SMILES string of the molecule is N#CC1CCCCC1OC(=O)c1ccc(N2CCOC2=O)cc1. The number of esters is 1. The molecule has 2 atom stereocenters. The molecule has 1 aliphatic carbocycles. The fourth-order valence-corrected chi connectivity index (χ4v) is 3.00. The Morgan fingerprint density at radius 3 is 2.65 bits per heavy atom. The third-order valence-corrected chi connectivity index (χ3v) is 4.30. The van der Waals surface area contributed by atoms with Crippen LogP contribution in [-0.4, -0.2) is 31.3 Å². The van der Waals surface area contributed by atoms with E-state index in [9.17, 15) is 9.59 Å². The lowest BCUT2D eigenvalue weighted by atomic mass is 9.87. The van der Waals surface area contributed by atoms with Gasteiger partial charge in [0, 0.05) is 5.69 Å². The largest absolute Gasteiger partial charge is 0.457 e. The lowest BCUT2D eigenvalue weighted by molar-refractivity contribution is 0.0107. The van der Waals surface area contributed by atoms with Gasteiger partial charge in [-0.3, -0.25) is 4.90 Å². The number of cyclic esters (lactones) is 1. The molecule has 0 N–H and O–H groups in total. The van der Waals surface area contributed by atoms with Gasteiger partial charge in [0.2, 0.25) is 0 Å². The Morgan fingerprint density at radius 1 is 1.26 bits per heavy atom. The van der Waals surface area contributed by atoms with Crippen LogP contribution in [0.3, 0.4) is 0 Å². The van der Waals surface area contributed by atoms with Crippen molar-refractivity contribution in [3.63, 3.8) is 0 Å². The number of anilines is 1. The van der Waals surface area contributed by atoms with Crippen LogP contribution in [0.5, 0.6) is 0 Å². The van der Waals surface area contributed by atoms with Gasteiger partial charge in [0.25, 0.3) is 0 Å². The van der Waals surface area contributed by atoms with Gasteiger partial charge in [0.1, 0.15) is 12.7 Å². The van der Waals surface area contributed by atoms with Gasteiger partial charge in [0.15, 0.2) is 0 Å². The highest BCUT2D eigenvalue weighted by Crippen LogP contribution is 2.27. The molecule has 1 amide bonds. The fraction of sp³-hybridized carbons (Fsp3) is 0.471. The van der Waals surface area contributed by atoms with Crippen LogP contribution in [0.2, 0.25) is 0 Å². The molecule has 23 heavy (non-hydrogen) atoms. The first-order valence-corrected chi connectivity index (χ1v) is 7.84. The molecule has 6 nitrogen and oxygen atoms in total. The summed E-state index contributed by atoms with van der Waals surface area (Å²) < 4.78 is 10.4. The Kier molecular flexibility index (Phi) is 4.47. The molecule has 1 heterocycles. The maximum Gasteiger partial charge on any atom is 0.414 e. The second kappa shape index (κ2) is 6.69. The first-order valence-electron chi connectivity index (χ1n) is 7.84. The molecule has 1 aliphatic heterocycles. The summed E-state index contributed by atoms with van der Waals surface area (Å²) in [6.07, 6.45) is 2.81. The normalized spacial score (nSPS) is 24.0. The van der Waals surface area contributed by atoms with Crippen molar-refractivity contribution in [2.24, 2.45) is 5.92 Å². The zero-order valence-corrected chi connectivity index (χ0v) is 12.7. The summed E-state index contributed by atoms with van der Waals surface area (Å²) in [5.74, 6) is -0.640. The quantitative estimate of drug-likeness (QED) is 0.801. The predicted octanol–water partition coefficient (Wildman–Crippen LogP) is 2.88. The van der Waals surface area contributed by atoms with Gasteiger partial charge >= 0.3 is 12.1 Å². The van der Waals surface area contributed by atoms with Gasteiger partial charge in [-0.1, -0.05) is 6.42 Å². The summed E-state index contributed by atoms with van der Waals surface area (Å²) in [4.78, 5) is 25.3. The smallest absolute Gasteiger partial charge is 0.414 e. The van der Waals surface area contributed by atoms with Gasteiger partial charge in [-0.25, -0.2) is 9.59 Å². The van der Waals surface area contributed by atoms with Crippen LogP contribution in [0, 0.1) is 17.2 Å². The summed E-state index contributed by atoms with van der Waals surface area (Å²) in [7, 11) is 0. The van der Waals surface area contributed by atoms with E-state index < -0.39 is 5.97 Å². The van der Waals surface area contributed by atoms with E-state index in [1.807, 2.05) is 0 Å². The highest BCUT2D eigenvalue weighted by atomic mass is 16.6. The first kappa shape index (κ1) is 15.3. The second-order valence-electron chi connectivity index (χ2n) is 5.78. The molecule has 0 radical (unpaired) electrons. The third kappa shape index (κ3) is 3.29. The highest BCUT2D eigenvalue weighted by Gasteiger charge is 2.29. The van der Waals surface area contributed by atoms with Gasteiger partial charge in [-0.15, -0.1) is 0 Å². The fourth-order valence-electron chi connectivity index (χ4n) is 3.00. The Bertz CT molecular complexity index is 635. The number of carbonyl (C=O) groups is 2. The molecular formula is C17H18N2O4. The van der Waals surface area contributed by atoms with Crippen molar-refractivity contribution in [3.05, 3.63) is 29.8 Å². The van der Waals surface area contributed by atoms with Crippen molar-refractivity contribution < 1.29 is 19.1 Å². The summed E-state index contributed by atoms with van der Waals surface area (Å²) in [6.45, 7) is 0.883. The molecule has 120 valence electrons. The molecule has 0 aromatic heterocycles. The molecule has 1 aromatic carbocycles. The van der Waals surface area contributed by atoms with Crippen LogP contribution in [-0.2, 0) is 9.47 Å². The topological polar surface area (TPSA) is 79.6 Å². The Balaban J connectivity index is 1.66. The van der Waals surface area contributed by atoms with Crippen LogP contribution >= 0.6 is 0 Å². The molecule has 3 rings (SSSR count). The summed E-state index contributed by atoms with van der Waals surface area (Å²) in [5, 5.41) is 9.14. The van der Waals surface area contributed by atoms with Crippen molar-refractivity contribution in [1.29, 1.82) is 5.26 Å². The number of hydrogen-bond donors (Lipinski definition) is 0. The monoisotopic (exact) mass is 314 g/mol. The average Bonchev–Trinajstić information content (AvgIpc) is 3.01. The summed E-state index contributed by atoms with van der Waals surface area (Å²) in [5.41, 5.74) is 1.11. The number of benzene rings is 1. The Hall–Kier alpha value is -2.55. The van der Waals surface area contributed by atoms with E-state index in [0.29, 0.717) is 24.4 Å². The molecule has 2 unspecified atom stereocenters. The van der Waals surface area contributed by atoms with Gasteiger partial charge in [-0.2, -0.15) is 5.26 Å². The Labute approximate surface area is 134 Å². The van der Waals surface area contributed by atoms with Crippen LogP contribution in [0.1, 0.15) is 36.0 Å². The zero-order valence-electron chi connectivity index (χ0n) is 12.7. The van der Waals surface area contributed by atoms with Crippen molar-refractivity contribution in [2.75, 3.05) is 18.1 Å². The van der Waals surface area contributed by atoms with E-state index in [1.165, 1.54) is 4.90 Å². The van der Waals surface area contributed by atoms with Gasteiger partial charge < -0.3 is 9.47 Å². The number of rotatable bonds is 3. The first-order chi connectivity index (χ1) is 11.2. The maximum absolute atomic E-state index is 12.2. The maximum atomic E-state index is 12.2. The molecule has 0 bridgehead atoms.